The van der Waals surface area contributed by atoms with Crippen LogP contribution in [-0.2, 0) is 4.79 Å². The second-order valence-electron chi connectivity index (χ2n) is 5.58. The van der Waals surface area contributed by atoms with E-state index in [2.05, 4.69) is 15.4 Å². The van der Waals surface area contributed by atoms with Gasteiger partial charge in [-0.3, -0.25) is 4.79 Å². The first-order valence-corrected chi connectivity index (χ1v) is 8.23. The molecule has 0 aliphatic heterocycles. The molecule has 3 rings (SSSR count). The third-order valence-electron chi connectivity index (χ3n) is 3.71. The van der Waals surface area contributed by atoms with Crippen molar-refractivity contribution in [3.63, 3.8) is 0 Å². The van der Waals surface area contributed by atoms with Crippen LogP contribution in [0.15, 0.2) is 55.1 Å². The van der Waals surface area contributed by atoms with Gasteiger partial charge in [-0.2, -0.15) is 5.10 Å². The maximum absolute atomic E-state index is 13.0. The molecule has 134 valence electrons. The number of hydrogen-bond acceptors (Lipinski definition) is 4. The van der Waals surface area contributed by atoms with Gasteiger partial charge in [-0.15, -0.1) is 0 Å². The normalized spacial score (nSPS) is 11.8. The van der Waals surface area contributed by atoms with Crippen LogP contribution in [0, 0.1) is 5.82 Å². The Balaban J connectivity index is 1.55. The van der Waals surface area contributed by atoms with Crippen molar-refractivity contribution in [1.82, 2.24) is 20.1 Å². The molecule has 2 aromatic carbocycles. The number of hydrogen-bond donors (Lipinski definition) is 1. The predicted molar refractivity (Wildman–Crippen MR) is 94.8 cm³/mol. The van der Waals surface area contributed by atoms with E-state index in [1.54, 1.807) is 11.0 Å². The summed E-state index contributed by atoms with van der Waals surface area (Å²) in [6, 6.07) is 11.1. The molecular weight excluding hydrogens is 359 g/mol. The molecule has 0 spiro atoms. The highest BCUT2D eigenvalue weighted by Gasteiger charge is 2.12. The molecular formula is C18H16ClFN4O2. The standard InChI is InChI=1S/C18H16ClFN4O2/c1-12(13-2-5-15(6-3-13)24-11-21-10-22-24)23-18(25)9-26-17-7-4-14(20)8-16(17)19/h2-8,10-12H,9H2,1H3,(H,23,25)/t12-/m0/s1. The first-order chi connectivity index (χ1) is 12.5. The SMILES string of the molecule is C[C@H](NC(=O)COc1ccc(F)cc1Cl)c1ccc(-n2cncn2)cc1. The maximum Gasteiger partial charge on any atom is 0.258 e. The molecule has 8 heteroatoms. The molecule has 0 saturated carbocycles. The quantitative estimate of drug-likeness (QED) is 0.718. The number of amides is 1. The summed E-state index contributed by atoms with van der Waals surface area (Å²) in [5.74, 6) is -0.513. The summed E-state index contributed by atoms with van der Waals surface area (Å²) in [6.45, 7) is 1.65. The van der Waals surface area contributed by atoms with E-state index in [-0.39, 0.29) is 29.3 Å². The molecule has 0 aliphatic carbocycles. The average molecular weight is 375 g/mol. The van der Waals surface area contributed by atoms with Gasteiger partial charge >= 0.3 is 0 Å². The Morgan fingerprint density at radius 3 is 2.73 bits per heavy atom. The molecule has 0 radical (unpaired) electrons. The van der Waals surface area contributed by atoms with E-state index in [0.29, 0.717) is 0 Å². The highest BCUT2D eigenvalue weighted by Crippen LogP contribution is 2.24. The third-order valence-corrected chi connectivity index (χ3v) is 4.00. The highest BCUT2D eigenvalue weighted by atomic mass is 35.5. The topological polar surface area (TPSA) is 69.0 Å². The van der Waals surface area contributed by atoms with Gasteiger partial charge in [0.2, 0.25) is 0 Å². The van der Waals surface area contributed by atoms with Gasteiger partial charge in [-0.1, -0.05) is 23.7 Å². The van der Waals surface area contributed by atoms with Gasteiger partial charge in [-0.05, 0) is 42.8 Å². The monoisotopic (exact) mass is 374 g/mol. The number of nitrogens with zero attached hydrogens (tertiary/aromatic N) is 3. The van der Waals surface area contributed by atoms with Gasteiger partial charge < -0.3 is 10.1 Å². The van der Waals surface area contributed by atoms with Crippen LogP contribution >= 0.6 is 11.6 Å². The van der Waals surface area contributed by atoms with E-state index in [9.17, 15) is 9.18 Å². The zero-order valence-electron chi connectivity index (χ0n) is 13.9. The lowest BCUT2D eigenvalue weighted by molar-refractivity contribution is -0.123. The molecule has 3 aromatic rings. The number of benzene rings is 2. The van der Waals surface area contributed by atoms with E-state index in [1.807, 2.05) is 31.2 Å². The molecule has 1 aromatic heterocycles. The van der Waals surface area contributed by atoms with E-state index >= 15 is 0 Å². The van der Waals surface area contributed by atoms with Crippen molar-refractivity contribution in [2.45, 2.75) is 13.0 Å². The molecule has 26 heavy (non-hydrogen) atoms. The lowest BCUT2D eigenvalue weighted by atomic mass is 10.1. The van der Waals surface area contributed by atoms with Crippen LogP contribution in [0.25, 0.3) is 5.69 Å². The lowest BCUT2D eigenvalue weighted by Gasteiger charge is -2.15. The minimum absolute atomic E-state index is 0.120. The van der Waals surface area contributed by atoms with Gasteiger partial charge in [0, 0.05) is 0 Å². The van der Waals surface area contributed by atoms with E-state index < -0.39 is 5.82 Å². The number of carbonyl (C=O) groups is 1. The number of aromatic nitrogens is 3. The van der Waals surface area contributed by atoms with Crippen molar-refractivity contribution >= 4 is 17.5 Å². The Labute approximate surface area is 154 Å². The van der Waals surface area contributed by atoms with Crippen molar-refractivity contribution in [3.05, 3.63) is 71.5 Å². The fourth-order valence-electron chi connectivity index (χ4n) is 2.36. The van der Waals surface area contributed by atoms with Crippen LogP contribution in [0.4, 0.5) is 4.39 Å². The summed E-state index contributed by atoms with van der Waals surface area (Å²) in [5, 5.41) is 7.02. The molecule has 1 N–H and O–H groups in total. The Bertz CT molecular complexity index is 885. The summed E-state index contributed by atoms with van der Waals surface area (Å²) < 4.78 is 20.0. The van der Waals surface area contributed by atoms with Crippen molar-refractivity contribution in [1.29, 1.82) is 0 Å². The zero-order valence-corrected chi connectivity index (χ0v) is 14.7. The summed E-state index contributed by atoms with van der Waals surface area (Å²) in [5.41, 5.74) is 1.81. The number of nitrogens with one attached hydrogen (secondary N) is 1. The lowest BCUT2D eigenvalue weighted by Crippen LogP contribution is -2.31. The molecule has 0 bridgehead atoms. The first kappa shape index (κ1) is 17.9. The molecule has 0 unspecified atom stereocenters. The van der Waals surface area contributed by atoms with Gasteiger partial charge in [0.05, 0.1) is 16.8 Å². The van der Waals surface area contributed by atoms with Crippen LogP contribution in [0.2, 0.25) is 5.02 Å². The van der Waals surface area contributed by atoms with Crippen LogP contribution in [0.1, 0.15) is 18.5 Å². The third kappa shape index (κ3) is 4.37. The number of halogens is 2. The van der Waals surface area contributed by atoms with Crippen molar-refractivity contribution in [2.75, 3.05) is 6.61 Å². The summed E-state index contributed by atoms with van der Waals surface area (Å²) >= 11 is 5.86. The van der Waals surface area contributed by atoms with Crippen molar-refractivity contribution < 1.29 is 13.9 Å². The van der Waals surface area contributed by atoms with E-state index in [0.717, 1.165) is 17.3 Å². The predicted octanol–water partition coefficient (Wildman–Crippen LogP) is 3.32. The molecule has 1 heterocycles. The van der Waals surface area contributed by atoms with Crippen LogP contribution in [0.3, 0.4) is 0 Å². The van der Waals surface area contributed by atoms with Crippen LogP contribution in [-0.4, -0.2) is 27.3 Å². The smallest absolute Gasteiger partial charge is 0.258 e. The van der Waals surface area contributed by atoms with E-state index in [4.69, 9.17) is 16.3 Å². The van der Waals surface area contributed by atoms with Crippen molar-refractivity contribution in [3.8, 4) is 11.4 Å². The summed E-state index contributed by atoms with van der Waals surface area (Å²) in [4.78, 5) is 16.0. The summed E-state index contributed by atoms with van der Waals surface area (Å²) in [7, 11) is 0. The van der Waals surface area contributed by atoms with Gasteiger partial charge in [-0.25, -0.2) is 14.1 Å². The van der Waals surface area contributed by atoms with Crippen molar-refractivity contribution in [2.24, 2.45) is 0 Å². The second kappa shape index (κ2) is 7.97. The van der Waals surface area contributed by atoms with E-state index in [1.165, 1.54) is 18.5 Å². The molecule has 0 aliphatic rings. The largest absolute Gasteiger partial charge is 0.482 e. The average Bonchev–Trinajstić information content (AvgIpc) is 3.16. The Morgan fingerprint density at radius 1 is 1.31 bits per heavy atom. The first-order valence-electron chi connectivity index (χ1n) is 7.85. The molecule has 1 atom stereocenters. The molecule has 1 amide bonds. The van der Waals surface area contributed by atoms with Gasteiger partial charge in [0.15, 0.2) is 6.61 Å². The second-order valence-corrected chi connectivity index (χ2v) is 5.99. The molecule has 0 fully saturated rings. The Morgan fingerprint density at radius 2 is 2.08 bits per heavy atom. The van der Waals surface area contributed by atoms with Crippen LogP contribution in [0.5, 0.6) is 5.75 Å². The number of carbonyl (C=O) groups excluding carboxylic acids is 1. The summed E-state index contributed by atoms with van der Waals surface area (Å²) in [6.07, 6.45) is 3.07. The number of rotatable bonds is 6. The minimum atomic E-state index is -0.463. The number of ether oxygens (including phenoxy) is 1. The highest BCUT2D eigenvalue weighted by molar-refractivity contribution is 6.32. The fraction of sp³-hybridized carbons (Fsp3) is 0.167. The van der Waals surface area contributed by atoms with Gasteiger partial charge in [0.1, 0.15) is 24.2 Å². The zero-order chi connectivity index (χ0) is 18.5. The molecule has 6 nitrogen and oxygen atoms in total. The van der Waals surface area contributed by atoms with Gasteiger partial charge in [0.25, 0.3) is 5.91 Å². The Kier molecular flexibility index (Phi) is 5.48. The van der Waals surface area contributed by atoms with Crippen LogP contribution < -0.4 is 10.1 Å². The fourth-order valence-corrected chi connectivity index (χ4v) is 2.58. The minimum Gasteiger partial charge on any atom is -0.482 e. The Hall–Kier alpha value is -2.93. The molecule has 0 saturated heterocycles. The maximum atomic E-state index is 13.0.